The first-order valence-electron chi connectivity index (χ1n) is 5.13. The van der Waals surface area contributed by atoms with Gasteiger partial charge < -0.3 is 4.74 Å². The summed E-state index contributed by atoms with van der Waals surface area (Å²) < 4.78 is 5.77. The van der Waals surface area contributed by atoms with E-state index in [0.29, 0.717) is 5.41 Å². The molecule has 1 saturated heterocycles. The molecule has 0 unspecified atom stereocenters. The lowest BCUT2D eigenvalue weighted by molar-refractivity contribution is -0.0414. The largest absolute Gasteiger partial charge is 0.359 e. The van der Waals surface area contributed by atoms with E-state index in [1.807, 2.05) is 0 Å². The van der Waals surface area contributed by atoms with Crippen LogP contribution in [0.5, 0.6) is 0 Å². The fraction of sp³-hybridized carbons (Fsp3) is 0.909. The minimum Gasteiger partial charge on any atom is -0.359 e. The van der Waals surface area contributed by atoms with Crippen LogP contribution in [-0.4, -0.2) is 12.2 Å². The van der Waals surface area contributed by atoms with E-state index in [0.717, 1.165) is 18.9 Å². The van der Waals surface area contributed by atoms with E-state index in [2.05, 4.69) is 19.9 Å². The molecule has 0 radical (unpaired) electrons. The van der Waals surface area contributed by atoms with Crippen molar-refractivity contribution in [1.82, 2.24) is 0 Å². The van der Waals surface area contributed by atoms with Gasteiger partial charge in [0.15, 0.2) is 5.60 Å². The molecule has 13 heavy (non-hydrogen) atoms. The molecule has 2 nitrogen and oxygen atoms in total. The standard InChI is InChI=1S/C11H15NO/c1-9-7-13-11(6-12)5-8(9)3-4-10(9,11)2/h8H,3-5,7H2,1-2H3/t8-,9+,10+,11+/m1/s1. The number of nitrogens with zero attached hydrogens (tertiary/aromatic N) is 1. The van der Waals surface area contributed by atoms with Crippen LogP contribution in [0.1, 0.15) is 33.1 Å². The van der Waals surface area contributed by atoms with E-state index in [4.69, 9.17) is 4.74 Å². The molecule has 1 aliphatic heterocycles. The van der Waals surface area contributed by atoms with Crippen molar-refractivity contribution in [3.05, 3.63) is 0 Å². The van der Waals surface area contributed by atoms with Crippen molar-refractivity contribution in [2.45, 2.75) is 38.7 Å². The molecule has 0 aromatic carbocycles. The van der Waals surface area contributed by atoms with E-state index >= 15 is 0 Å². The van der Waals surface area contributed by atoms with Gasteiger partial charge in [0.25, 0.3) is 0 Å². The van der Waals surface area contributed by atoms with Gasteiger partial charge in [0.1, 0.15) is 0 Å². The molecule has 4 bridgehead atoms. The summed E-state index contributed by atoms with van der Waals surface area (Å²) in [7, 11) is 0. The highest BCUT2D eigenvalue weighted by Gasteiger charge is 2.76. The minimum absolute atomic E-state index is 0.138. The van der Waals surface area contributed by atoms with Gasteiger partial charge in [-0.1, -0.05) is 13.8 Å². The smallest absolute Gasteiger partial charge is 0.160 e. The molecule has 70 valence electrons. The van der Waals surface area contributed by atoms with Crippen LogP contribution in [0, 0.1) is 28.1 Å². The van der Waals surface area contributed by atoms with Crippen LogP contribution in [0.4, 0.5) is 0 Å². The van der Waals surface area contributed by atoms with Gasteiger partial charge in [-0.25, -0.2) is 0 Å². The zero-order valence-corrected chi connectivity index (χ0v) is 8.26. The van der Waals surface area contributed by atoms with Crippen molar-refractivity contribution in [2.75, 3.05) is 6.61 Å². The monoisotopic (exact) mass is 177 g/mol. The van der Waals surface area contributed by atoms with Crippen LogP contribution in [0.25, 0.3) is 0 Å². The maximum Gasteiger partial charge on any atom is 0.160 e. The molecule has 0 aromatic rings. The highest BCUT2D eigenvalue weighted by Crippen LogP contribution is 2.74. The zero-order chi connectivity index (χ0) is 9.32. The van der Waals surface area contributed by atoms with Gasteiger partial charge in [-0.05, 0) is 25.2 Å². The Labute approximate surface area is 78.9 Å². The fourth-order valence-corrected chi connectivity index (χ4v) is 4.05. The molecule has 3 fully saturated rings. The molecule has 0 amide bonds. The Morgan fingerprint density at radius 3 is 2.69 bits per heavy atom. The molecule has 0 N–H and O–H groups in total. The first kappa shape index (κ1) is 7.82. The summed E-state index contributed by atoms with van der Waals surface area (Å²) in [5, 5.41) is 9.27. The number of rotatable bonds is 0. The van der Waals surface area contributed by atoms with Crippen LogP contribution < -0.4 is 0 Å². The van der Waals surface area contributed by atoms with E-state index in [9.17, 15) is 5.26 Å². The average Bonchev–Trinajstić information content (AvgIpc) is 2.58. The Hall–Kier alpha value is -0.550. The number of hydrogen-bond donors (Lipinski definition) is 0. The molecule has 4 atom stereocenters. The molecule has 2 heteroatoms. The van der Waals surface area contributed by atoms with E-state index in [1.54, 1.807) is 0 Å². The maximum absolute atomic E-state index is 9.27. The topological polar surface area (TPSA) is 33.0 Å². The van der Waals surface area contributed by atoms with Crippen molar-refractivity contribution in [2.24, 2.45) is 16.7 Å². The molecule has 2 aliphatic carbocycles. The fourth-order valence-electron chi connectivity index (χ4n) is 4.05. The molecule has 3 aliphatic rings. The van der Waals surface area contributed by atoms with Gasteiger partial charge in [0.05, 0.1) is 12.7 Å². The maximum atomic E-state index is 9.27. The lowest BCUT2D eigenvalue weighted by atomic mass is 9.67. The van der Waals surface area contributed by atoms with E-state index < -0.39 is 5.60 Å². The summed E-state index contributed by atoms with van der Waals surface area (Å²) in [6.45, 7) is 5.38. The first-order valence-corrected chi connectivity index (χ1v) is 5.13. The second-order valence-electron chi connectivity index (χ2n) is 5.42. The SMILES string of the molecule is C[C@@]12CC[C@@H]3C[C@@]1(C#N)OC[C@@]32C. The van der Waals surface area contributed by atoms with Crippen LogP contribution >= 0.6 is 0 Å². The van der Waals surface area contributed by atoms with Gasteiger partial charge in [-0.2, -0.15) is 5.26 Å². The van der Waals surface area contributed by atoms with Crippen LogP contribution in [-0.2, 0) is 4.74 Å². The predicted octanol–water partition coefficient (Wildman–Crippen LogP) is 2.11. The highest BCUT2D eigenvalue weighted by atomic mass is 16.5. The summed E-state index contributed by atoms with van der Waals surface area (Å²) in [5.41, 5.74) is 0.00676. The zero-order valence-electron chi connectivity index (χ0n) is 8.26. The normalized spacial score (nSPS) is 62.7. The summed E-state index contributed by atoms with van der Waals surface area (Å²) >= 11 is 0. The Kier molecular flexibility index (Phi) is 1.07. The minimum atomic E-state index is -0.426. The lowest BCUT2D eigenvalue weighted by Gasteiger charge is -2.35. The predicted molar refractivity (Wildman–Crippen MR) is 47.9 cm³/mol. The molecule has 2 saturated carbocycles. The third-order valence-corrected chi connectivity index (χ3v) is 5.38. The summed E-state index contributed by atoms with van der Waals surface area (Å²) in [6, 6.07) is 2.44. The molecule has 1 heterocycles. The van der Waals surface area contributed by atoms with Crippen LogP contribution in [0.2, 0.25) is 0 Å². The lowest BCUT2D eigenvalue weighted by Crippen LogP contribution is -2.41. The summed E-state index contributed by atoms with van der Waals surface area (Å²) in [4.78, 5) is 0. The Morgan fingerprint density at radius 1 is 1.46 bits per heavy atom. The molecular formula is C11H15NO. The molecule has 3 rings (SSSR count). The van der Waals surface area contributed by atoms with Crippen molar-refractivity contribution in [3.8, 4) is 6.07 Å². The third-order valence-electron chi connectivity index (χ3n) is 5.38. The van der Waals surface area contributed by atoms with Crippen molar-refractivity contribution < 1.29 is 4.74 Å². The highest BCUT2D eigenvalue weighted by molar-refractivity contribution is 5.30. The van der Waals surface area contributed by atoms with Gasteiger partial charge in [0, 0.05) is 10.8 Å². The number of hydrogen-bond acceptors (Lipinski definition) is 2. The second-order valence-corrected chi connectivity index (χ2v) is 5.42. The summed E-state index contributed by atoms with van der Waals surface area (Å²) in [5.74, 6) is 0.742. The first-order chi connectivity index (χ1) is 6.08. The molecule has 0 aromatic heterocycles. The van der Waals surface area contributed by atoms with Gasteiger partial charge >= 0.3 is 0 Å². The number of nitriles is 1. The van der Waals surface area contributed by atoms with Crippen LogP contribution in [0.15, 0.2) is 0 Å². The Morgan fingerprint density at radius 2 is 2.23 bits per heavy atom. The van der Waals surface area contributed by atoms with E-state index in [-0.39, 0.29) is 5.41 Å². The third kappa shape index (κ3) is 0.518. The van der Waals surface area contributed by atoms with E-state index in [1.165, 1.54) is 12.8 Å². The van der Waals surface area contributed by atoms with Gasteiger partial charge in [-0.15, -0.1) is 0 Å². The summed E-state index contributed by atoms with van der Waals surface area (Å²) in [6.07, 6.45) is 3.47. The van der Waals surface area contributed by atoms with Crippen molar-refractivity contribution in [1.29, 1.82) is 5.26 Å². The average molecular weight is 177 g/mol. The number of ether oxygens (including phenoxy) is 1. The Balaban J connectivity index is 2.21. The van der Waals surface area contributed by atoms with Crippen molar-refractivity contribution >= 4 is 0 Å². The molecular weight excluding hydrogens is 162 g/mol. The molecule has 0 spiro atoms. The van der Waals surface area contributed by atoms with Crippen molar-refractivity contribution in [3.63, 3.8) is 0 Å². The quantitative estimate of drug-likeness (QED) is 0.567. The Bertz CT molecular complexity index is 321. The van der Waals surface area contributed by atoms with Gasteiger partial charge in [0.2, 0.25) is 0 Å². The second kappa shape index (κ2) is 1.79. The van der Waals surface area contributed by atoms with Crippen LogP contribution in [0.3, 0.4) is 0 Å². The van der Waals surface area contributed by atoms with Gasteiger partial charge in [-0.3, -0.25) is 0 Å².